The van der Waals surface area contributed by atoms with Crippen molar-refractivity contribution >= 4 is 6.03 Å². The first-order chi connectivity index (χ1) is 9.62. The van der Waals surface area contributed by atoms with Crippen LogP contribution in [-0.4, -0.2) is 30.9 Å². The molecule has 1 aliphatic carbocycles. The largest absolute Gasteiger partial charge is 0.491 e. The Bertz CT molecular complexity index is 526. The Morgan fingerprint density at radius 2 is 2.30 bits per heavy atom. The molecule has 1 fully saturated rings. The zero-order valence-corrected chi connectivity index (χ0v) is 11.6. The summed E-state index contributed by atoms with van der Waals surface area (Å²) < 4.78 is 5.56. The number of aliphatic hydroxyl groups excluding tert-OH is 1. The van der Waals surface area contributed by atoms with E-state index in [1.54, 1.807) is 0 Å². The first-order valence-corrected chi connectivity index (χ1v) is 7.00. The van der Waals surface area contributed by atoms with E-state index in [-0.39, 0.29) is 24.1 Å². The van der Waals surface area contributed by atoms with Crippen molar-refractivity contribution in [1.29, 1.82) is 0 Å². The number of carbonyl (C=O) groups excluding carboxylic acids is 1. The van der Waals surface area contributed by atoms with Crippen LogP contribution in [-0.2, 0) is 0 Å². The number of rotatable bonds is 4. The van der Waals surface area contributed by atoms with E-state index in [1.807, 2.05) is 25.1 Å². The zero-order valence-electron chi connectivity index (χ0n) is 11.6. The molecule has 5 nitrogen and oxygen atoms in total. The van der Waals surface area contributed by atoms with Crippen molar-refractivity contribution in [2.24, 2.45) is 5.41 Å². The van der Waals surface area contributed by atoms with Gasteiger partial charge in [-0.25, -0.2) is 4.79 Å². The molecule has 1 unspecified atom stereocenters. The summed E-state index contributed by atoms with van der Waals surface area (Å²) in [5.41, 5.74) is 2.11. The number of urea groups is 1. The van der Waals surface area contributed by atoms with Crippen LogP contribution in [0.1, 0.15) is 30.0 Å². The summed E-state index contributed by atoms with van der Waals surface area (Å²) in [6.07, 6.45) is 1.97. The van der Waals surface area contributed by atoms with Gasteiger partial charge in [-0.15, -0.1) is 0 Å². The molecule has 1 aromatic carbocycles. The van der Waals surface area contributed by atoms with Crippen molar-refractivity contribution in [2.45, 2.75) is 25.8 Å². The molecular formula is C15H20N2O3. The Morgan fingerprint density at radius 1 is 1.50 bits per heavy atom. The molecule has 2 amide bonds. The summed E-state index contributed by atoms with van der Waals surface area (Å²) in [5.74, 6) is 0.843. The second-order valence-corrected chi connectivity index (χ2v) is 5.89. The van der Waals surface area contributed by atoms with Gasteiger partial charge in [0, 0.05) is 17.5 Å². The maximum absolute atomic E-state index is 11.9. The maximum Gasteiger partial charge on any atom is 0.315 e. The van der Waals surface area contributed by atoms with Crippen LogP contribution >= 0.6 is 0 Å². The average Bonchev–Trinajstić information content (AvgIpc) is 3.14. The van der Waals surface area contributed by atoms with Crippen LogP contribution in [0.15, 0.2) is 18.2 Å². The molecule has 0 saturated heterocycles. The number of benzene rings is 1. The quantitative estimate of drug-likeness (QED) is 0.780. The van der Waals surface area contributed by atoms with Crippen LogP contribution in [0.5, 0.6) is 5.75 Å². The lowest BCUT2D eigenvalue weighted by Gasteiger charge is -2.16. The number of aryl methyl sites for hydroxylation is 1. The van der Waals surface area contributed by atoms with Gasteiger partial charge < -0.3 is 20.5 Å². The first kappa shape index (κ1) is 13.2. The molecule has 3 N–H and O–H groups in total. The highest BCUT2D eigenvalue weighted by Crippen LogP contribution is 2.44. The van der Waals surface area contributed by atoms with Gasteiger partial charge in [-0.1, -0.05) is 17.7 Å². The first-order valence-electron chi connectivity index (χ1n) is 7.00. The second-order valence-electron chi connectivity index (χ2n) is 5.89. The monoisotopic (exact) mass is 276 g/mol. The number of hydrogen-bond donors (Lipinski definition) is 3. The van der Waals surface area contributed by atoms with Gasteiger partial charge in [-0.05, 0) is 25.8 Å². The van der Waals surface area contributed by atoms with E-state index in [9.17, 15) is 9.90 Å². The summed E-state index contributed by atoms with van der Waals surface area (Å²) in [5, 5.41) is 15.0. The van der Waals surface area contributed by atoms with Crippen molar-refractivity contribution in [2.75, 3.05) is 19.8 Å². The summed E-state index contributed by atoms with van der Waals surface area (Å²) in [7, 11) is 0. The normalized spacial score (nSPS) is 21.8. The third-order valence-electron chi connectivity index (χ3n) is 4.17. The van der Waals surface area contributed by atoms with Crippen LogP contribution in [0.4, 0.5) is 4.79 Å². The van der Waals surface area contributed by atoms with Crippen LogP contribution in [0.2, 0.25) is 0 Å². The van der Waals surface area contributed by atoms with E-state index in [1.165, 1.54) is 0 Å². The number of aliphatic hydroxyl groups is 1. The Labute approximate surface area is 118 Å². The Kier molecular flexibility index (Phi) is 3.30. The lowest BCUT2D eigenvalue weighted by molar-refractivity contribution is 0.201. The topological polar surface area (TPSA) is 70.6 Å². The standard InChI is InChI=1S/C15H20N2O3/c1-10-2-3-13-11(6-10)12(7-20-13)17-14(19)16-8-15(9-18)4-5-15/h2-3,6,12,18H,4-5,7-9H2,1H3,(H2,16,17,19). The molecule has 1 aromatic rings. The van der Waals surface area contributed by atoms with Crippen LogP contribution in [0.3, 0.4) is 0 Å². The van der Waals surface area contributed by atoms with Crippen molar-refractivity contribution in [3.63, 3.8) is 0 Å². The molecule has 20 heavy (non-hydrogen) atoms. The van der Waals surface area contributed by atoms with E-state index in [4.69, 9.17) is 4.74 Å². The fourth-order valence-corrected chi connectivity index (χ4v) is 2.50. The number of ether oxygens (including phenoxy) is 1. The molecule has 3 rings (SSSR count). The van der Waals surface area contributed by atoms with E-state index in [2.05, 4.69) is 10.6 Å². The van der Waals surface area contributed by atoms with Gasteiger partial charge in [0.25, 0.3) is 0 Å². The predicted molar refractivity (Wildman–Crippen MR) is 74.7 cm³/mol. The van der Waals surface area contributed by atoms with E-state index in [0.717, 1.165) is 29.7 Å². The van der Waals surface area contributed by atoms with E-state index < -0.39 is 0 Å². The summed E-state index contributed by atoms with van der Waals surface area (Å²) >= 11 is 0. The van der Waals surface area contributed by atoms with Gasteiger partial charge in [0.2, 0.25) is 0 Å². The van der Waals surface area contributed by atoms with Gasteiger partial charge in [0.05, 0.1) is 12.6 Å². The second kappa shape index (κ2) is 4.98. The highest BCUT2D eigenvalue weighted by molar-refractivity contribution is 5.75. The number of amides is 2. The average molecular weight is 276 g/mol. The molecule has 1 heterocycles. The smallest absolute Gasteiger partial charge is 0.315 e. The Morgan fingerprint density at radius 3 is 3.00 bits per heavy atom. The van der Waals surface area contributed by atoms with Crippen molar-refractivity contribution < 1.29 is 14.6 Å². The van der Waals surface area contributed by atoms with Gasteiger partial charge in [0.1, 0.15) is 12.4 Å². The molecule has 0 bridgehead atoms. The number of nitrogens with one attached hydrogen (secondary N) is 2. The molecule has 5 heteroatoms. The maximum atomic E-state index is 11.9. The lowest BCUT2D eigenvalue weighted by atomic mass is 10.1. The number of fused-ring (bicyclic) bond motifs is 1. The molecule has 108 valence electrons. The minimum absolute atomic E-state index is 0.0714. The summed E-state index contributed by atoms with van der Waals surface area (Å²) in [6, 6.07) is 5.68. The zero-order chi connectivity index (χ0) is 14.2. The SMILES string of the molecule is Cc1ccc2c(c1)C(NC(=O)NCC1(CO)CC1)CO2. The van der Waals surface area contributed by atoms with Crippen LogP contribution < -0.4 is 15.4 Å². The van der Waals surface area contributed by atoms with E-state index >= 15 is 0 Å². The van der Waals surface area contributed by atoms with Gasteiger partial charge >= 0.3 is 6.03 Å². The molecule has 0 spiro atoms. The predicted octanol–water partition coefficient (Wildman–Crippen LogP) is 1.50. The molecule has 0 radical (unpaired) electrons. The van der Waals surface area contributed by atoms with Gasteiger partial charge in [-0.2, -0.15) is 0 Å². The Hall–Kier alpha value is -1.75. The van der Waals surface area contributed by atoms with Crippen molar-refractivity contribution in [3.05, 3.63) is 29.3 Å². The summed E-state index contributed by atoms with van der Waals surface area (Å²) in [6.45, 7) is 3.16. The van der Waals surface area contributed by atoms with Crippen molar-refractivity contribution in [3.8, 4) is 5.75 Å². The minimum atomic E-state index is -0.201. The highest BCUT2D eigenvalue weighted by Gasteiger charge is 2.42. The van der Waals surface area contributed by atoms with Crippen LogP contribution in [0, 0.1) is 12.3 Å². The Balaban J connectivity index is 1.57. The fraction of sp³-hybridized carbons (Fsp3) is 0.533. The summed E-state index contributed by atoms with van der Waals surface area (Å²) in [4.78, 5) is 11.9. The third-order valence-corrected chi connectivity index (χ3v) is 4.17. The third kappa shape index (κ3) is 2.58. The fourth-order valence-electron chi connectivity index (χ4n) is 2.50. The molecule has 1 atom stereocenters. The molecule has 1 saturated carbocycles. The van der Waals surface area contributed by atoms with Crippen LogP contribution in [0.25, 0.3) is 0 Å². The minimum Gasteiger partial charge on any atom is -0.491 e. The molecule has 0 aromatic heterocycles. The van der Waals surface area contributed by atoms with Gasteiger partial charge in [-0.3, -0.25) is 0 Å². The number of hydrogen-bond acceptors (Lipinski definition) is 3. The molecule has 2 aliphatic rings. The molecule has 1 aliphatic heterocycles. The van der Waals surface area contributed by atoms with Crippen molar-refractivity contribution in [1.82, 2.24) is 10.6 Å². The number of carbonyl (C=O) groups is 1. The van der Waals surface area contributed by atoms with Gasteiger partial charge in [0.15, 0.2) is 0 Å². The lowest BCUT2D eigenvalue weighted by Crippen LogP contribution is -2.41. The highest BCUT2D eigenvalue weighted by atomic mass is 16.5. The van der Waals surface area contributed by atoms with E-state index in [0.29, 0.717) is 13.2 Å². The molecular weight excluding hydrogens is 256 g/mol.